The quantitative estimate of drug-likeness (QED) is 0.684. The minimum Gasteiger partial charge on any atom is -0.508 e. The smallest absolute Gasteiger partial charge is 0.119 e. The van der Waals surface area contributed by atoms with Gasteiger partial charge in [0.2, 0.25) is 0 Å². The maximum Gasteiger partial charge on any atom is 0.119 e. The first-order chi connectivity index (χ1) is 9.75. The lowest BCUT2D eigenvalue weighted by Crippen LogP contribution is -1.85. The van der Waals surface area contributed by atoms with Gasteiger partial charge in [0.05, 0.1) is 0 Å². The van der Waals surface area contributed by atoms with E-state index in [4.69, 9.17) is 0 Å². The third-order valence-electron chi connectivity index (χ3n) is 3.53. The Bertz CT molecular complexity index is 730. The van der Waals surface area contributed by atoms with Crippen LogP contribution < -0.4 is 0 Å². The first-order valence-electron chi connectivity index (χ1n) is 6.70. The van der Waals surface area contributed by atoms with Crippen LogP contribution in [0.2, 0.25) is 0 Å². The standard InChI is InChI=1S/C19H16O/c1-14-11-12-16(13-19(14)20)18-10-6-5-9-17(18)15-7-3-2-4-8-15/h2-13,20H,1H3. The molecule has 0 amide bonds. The average molecular weight is 260 g/mol. The highest BCUT2D eigenvalue weighted by atomic mass is 16.3. The summed E-state index contributed by atoms with van der Waals surface area (Å²) in [7, 11) is 0. The molecule has 0 bridgehead atoms. The summed E-state index contributed by atoms with van der Waals surface area (Å²) in [5.41, 5.74) is 5.42. The van der Waals surface area contributed by atoms with Gasteiger partial charge in [0.15, 0.2) is 0 Å². The summed E-state index contributed by atoms with van der Waals surface area (Å²) < 4.78 is 0. The fourth-order valence-corrected chi connectivity index (χ4v) is 2.38. The lowest BCUT2D eigenvalue weighted by atomic mass is 9.94. The van der Waals surface area contributed by atoms with E-state index in [0.29, 0.717) is 5.75 Å². The lowest BCUT2D eigenvalue weighted by molar-refractivity contribution is 0.471. The van der Waals surface area contributed by atoms with Gasteiger partial charge in [-0.25, -0.2) is 0 Å². The van der Waals surface area contributed by atoms with Crippen molar-refractivity contribution in [1.29, 1.82) is 0 Å². The molecular weight excluding hydrogens is 244 g/mol. The second kappa shape index (κ2) is 5.22. The van der Waals surface area contributed by atoms with Gasteiger partial charge >= 0.3 is 0 Å². The van der Waals surface area contributed by atoms with Gasteiger partial charge in [-0.05, 0) is 40.8 Å². The fourth-order valence-electron chi connectivity index (χ4n) is 2.38. The number of aromatic hydroxyl groups is 1. The summed E-state index contributed by atoms with van der Waals surface area (Å²) in [5.74, 6) is 0.338. The second-order valence-electron chi connectivity index (χ2n) is 4.91. The predicted molar refractivity (Wildman–Crippen MR) is 83.7 cm³/mol. The number of rotatable bonds is 2. The molecule has 20 heavy (non-hydrogen) atoms. The number of hydrogen-bond acceptors (Lipinski definition) is 1. The number of phenolic OH excluding ortho intramolecular Hbond substituents is 1. The van der Waals surface area contributed by atoms with Crippen molar-refractivity contribution in [2.75, 3.05) is 0 Å². The van der Waals surface area contributed by atoms with Crippen LogP contribution in [-0.4, -0.2) is 5.11 Å². The van der Waals surface area contributed by atoms with Crippen molar-refractivity contribution in [2.24, 2.45) is 0 Å². The molecule has 1 N–H and O–H groups in total. The van der Waals surface area contributed by atoms with Gasteiger partial charge in [0, 0.05) is 0 Å². The third-order valence-corrected chi connectivity index (χ3v) is 3.53. The van der Waals surface area contributed by atoms with Gasteiger partial charge in [-0.2, -0.15) is 0 Å². The molecule has 1 nitrogen and oxygen atoms in total. The Morgan fingerprint density at radius 1 is 0.650 bits per heavy atom. The van der Waals surface area contributed by atoms with E-state index >= 15 is 0 Å². The molecule has 98 valence electrons. The molecule has 3 aromatic rings. The molecule has 0 fully saturated rings. The van der Waals surface area contributed by atoms with Crippen LogP contribution >= 0.6 is 0 Å². The molecule has 0 aliphatic carbocycles. The molecule has 0 spiro atoms. The van der Waals surface area contributed by atoms with E-state index in [2.05, 4.69) is 30.3 Å². The second-order valence-corrected chi connectivity index (χ2v) is 4.91. The molecule has 0 heterocycles. The van der Waals surface area contributed by atoms with Crippen LogP contribution in [0.15, 0.2) is 72.8 Å². The molecule has 0 saturated heterocycles. The summed E-state index contributed by atoms with van der Waals surface area (Å²) >= 11 is 0. The van der Waals surface area contributed by atoms with Gasteiger partial charge in [-0.1, -0.05) is 66.7 Å². The molecule has 0 aromatic heterocycles. The van der Waals surface area contributed by atoms with E-state index in [-0.39, 0.29) is 0 Å². The van der Waals surface area contributed by atoms with Crippen molar-refractivity contribution in [3.63, 3.8) is 0 Å². The first kappa shape index (κ1) is 12.5. The Morgan fingerprint density at radius 3 is 1.90 bits per heavy atom. The van der Waals surface area contributed by atoms with Crippen molar-refractivity contribution in [3.05, 3.63) is 78.4 Å². The summed E-state index contributed by atoms with van der Waals surface area (Å²) in [6.45, 7) is 1.90. The molecule has 3 rings (SSSR count). The van der Waals surface area contributed by atoms with Crippen molar-refractivity contribution >= 4 is 0 Å². The van der Waals surface area contributed by atoms with E-state index < -0.39 is 0 Å². The lowest BCUT2D eigenvalue weighted by Gasteiger charge is -2.11. The SMILES string of the molecule is Cc1ccc(-c2ccccc2-c2ccccc2)cc1O. The zero-order valence-corrected chi connectivity index (χ0v) is 11.4. The van der Waals surface area contributed by atoms with Gasteiger partial charge in [-0.15, -0.1) is 0 Å². The Hall–Kier alpha value is -2.54. The highest BCUT2D eigenvalue weighted by molar-refractivity contribution is 5.83. The highest BCUT2D eigenvalue weighted by Gasteiger charge is 2.07. The van der Waals surface area contributed by atoms with Crippen molar-refractivity contribution in [1.82, 2.24) is 0 Å². The fraction of sp³-hybridized carbons (Fsp3) is 0.0526. The summed E-state index contributed by atoms with van der Waals surface area (Å²) in [6.07, 6.45) is 0. The number of phenols is 1. The summed E-state index contributed by atoms with van der Waals surface area (Å²) in [6, 6.07) is 24.4. The van der Waals surface area contributed by atoms with E-state index in [1.807, 2.05) is 49.4 Å². The van der Waals surface area contributed by atoms with Gasteiger partial charge in [-0.3, -0.25) is 0 Å². The third kappa shape index (κ3) is 2.30. The van der Waals surface area contributed by atoms with Crippen molar-refractivity contribution in [3.8, 4) is 28.0 Å². The molecule has 0 saturated carbocycles. The molecule has 0 atom stereocenters. The Morgan fingerprint density at radius 2 is 1.25 bits per heavy atom. The minimum atomic E-state index is 0.338. The van der Waals surface area contributed by atoms with Crippen LogP contribution in [0.3, 0.4) is 0 Å². The highest BCUT2D eigenvalue weighted by Crippen LogP contribution is 2.34. The zero-order valence-electron chi connectivity index (χ0n) is 11.4. The van der Waals surface area contributed by atoms with Crippen molar-refractivity contribution < 1.29 is 5.11 Å². The first-order valence-corrected chi connectivity index (χ1v) is 6.70. The predicted octanol–water partition coefficient (Wildman–Crippen LogP) is 5.03. The molecular formula is C19H16O. The molecule has 0 aliphatic heterocycles. The Kier molecular flexibility index (Phi) is 3.26. The van der Waals surface area contributed by atoms with Crippen LogP contribution in [0.1, 0.15) is 5.56 Å². The van der Waals surface area contributed by atoms with Crippen molar-refractivity contribution in [2.45, 2.75) is 6.92 Å². The molecule has 3 aromatic carbocycles. The maximum absolute atomic E-state index is 9.92. The number of hydrogen-bond donors (Lipinski definition) is 1. The van der Waals surface area contributed by atoms with Gasteiger partial charge in [0.25, 0.3) is 0 Å². The van der Waals surface area contributed by atoms with Crippen LogP contribution in [0.4, 0.5) is 0 Å². The molecule has 0 aliphatic rings. The normalized spacial score (nSPS) is 10.4. The largest absolute Gasteiger partial charge is 0.508 e. The topological polar surface area (TPSA) is 20.2 Å². The zero-order chi connectivity index (χ0) is 13.9. The molecule has 0 unspecified atom stereocenters. The number of benzene rings is 3. The van der Waals surface area contributed by atoms with E-state index in [1.165, 1.54) is 11.1 Å². The van der Waals surface area contributed by atoms with Gasteiger partial charge in [0.1, 0.15) is 5.75 Å². The van der Waals surface area contributed by atoms with Crippen LogP contribution in [-0.2, 0) is 0 Å². The Balaban J connectivity index is 2.17. The monoisotopic (exact) mass is 260 g/mol. The number of aryl methyl sites for hydroxylation is 1. The molecule has 1 heteroatoms. The average Bonchev–Trinajstić information content (AvgIpc) is 2.51. The van der Waals surface area contributed by atoms with Crippen LogP contribution in [0.5, 0.6) is 5.75 Å². The maximum atomic E-state index is 9.92. The summed E-state index contributed by atoms with van der Waals surface area (Å²) in [5, 5.41) is 9.92. The summed E-state index contributed by atoms with van der Waals surface area (Å²) in [4.78, 5) is 0. The van der Waals surface area contributed by atoms with E-state index in [1.54, 1.807) is 0 Å². The molecule has 0 radical (unpaired) electrons. The van der Waals surface area contributed by atoms with Crippen LogP contribution in [0, 0.1) is 6.92 Å². The minimum absolute atomic E-state index is 0.338. The van der Waals surface area contributed by atoms with Gasteiger partial charge < -0.3 is 5.11 Å². The van der Waals surface area contributed by atoms with E-state index in [0.717, 1.165) is 16.7 Å². The Labute approximate surface area is 119 Å². The van der Waals surface area contributed by atoms with E-state index in [9.17, 15) is 5.11 Å². The van der Waals surface area contributed by atoms with Crippen LogP contribution in [0.25, 0.3) is 22.3 Å².